The number of esters is 1. The minimum Gasteiger partial charge on any atom is -0.422 e. The quantitative estimate of drug-likeness (QED) is 0.227. The number of nitro benzene ring substituents is 2. The van der Waals surface area contributed by atoms with Gasteiger partial charge in [0.25, 0.3) is 11.4 Å². The van der Waals surface area contributed by atoms with E-state index in [1.54, 1.807) is 18.5 Å². The molecule has 158 valence electrons. The molecule has 3 aromatic rings. The molecule has 0 saturated carbocycles. The van der Waals surface area contributed by atoms with Crippen molar-refractivity contribution in [3.8, 4) is 0 Å². The Kier molecular flexibility index (Phi) is 6.51. The predicted molar refractivity (Wildman–Crippen MR) is 112 cm³/mol. The first-order chi connectivity index (χ1) is 14.9. The summed E-state index contributed by atoms with van der Waals surface area (Å²) < 4.78 is 7.44. The molecule has 3 rings (SSSR count). The van der Waals surface area contributed by atoms with E-state index in [2.05, 4.69) is 4.98 Å². The van der Waals surface area contributed by atoms with Crippen molar-refractivity contribution in [2.75, 3.05) is 0 Å². The first-order valence-corrected chi connectivity index (χ1v) is 9.33. The maximum atomic E-state index is 12.7. The van der Waals surface area contributed by atoms with Crippen LogP contribution in [-0.2, 0) is 11.3 Å². The van der Waals surface area contributed by atoms with E-state index < -0.39 is 15.8 Å². The number of hydrogen-bond donors (Lipinski definition) is 0. The Labute approximate surface area is 176 Å². The monoisotopic (exact) mass is 422 g/mol. The molecule has 0 aliphatic heterocycles. The number of hydrogen-bond acceptors (Lipinski definition) is 7. The number of rotatable bonds is 8. The lowest BCUT2D eigenvalue weighted by Crippen LogP contribution is -2.06. The summed E-state index contributed by atoms with van der Waals surface area (Å²) in [4.78, 5) is 37.6. The number of nitro groups is 2. The number of aryl methyl sites for hydroxylation is 1. The molecule has 0 unspecified atom stereocenters. The smallest absolute Gasteiger partial charge is 0.343 e. The normalized spacial score (nSPS) is 11.2. The summed E-state index contributed by atoms with van der Waals surface area (Å²) in [5.74, 6) is -0.0402. The lowest BCUT2D eigenvalue weighted by molar-refractivity contribution is -0.385. The molecule has 0 atom stereocenters. The van der Waals surface area contributed by atoms with Crippen LogP contribution in [0.15, 0.2) is 60.9 Å². The van der Waals surface area contributed by atoms with E-state index in [0.29, 0.717) is 17.9 Å². The van der Waals surface area contributed by atoms with Crippen LogP contribution in [0.2, 0.25) is 0 Å². The number of imidazole rings is 1. The fourth-order valence-corrected chi connectivity index (χ4v) is 2.81. The highest BCUT2D eigenvalue weighted by atomic mass is 16.6. The van der Waals surface area contributed by atoms with Gasteiger partial charge in [-0.3, -0.25) is 20.2 Å². The van der Waals surface area contributed by atoms with Crippen molar-refractivity contribution in [2.45, 2.75) is 19.9 Å². The van der Waals surface area contributed by atoms with Gasteiger partial charge < -0.3 is 9.30 Å². The van der Waals surface area contributed by atoms with Crippen molar-refractivity contribution in [3.63, 3.8) is 0 Å². The number of nitrogens with zero attached hydrogens (tertiary/aromatic N) is 4. The minimum absolute atomic E-state index is 0.0997. The minimum atomic E-state index is -0.729. The Morgan fingerprint density at radius 3 is 2.06 bits per heavy atom. The molecule has 0 saturated heterocycles. The standard InChI is InChI=1S/C21H18N4O6/c1-2-12-23-13-11-22-20(23)14-19(15-3-7-17(8-4-15)24(27)28)31-21(26)16-5-9-18(10-6-16)25(29)30/h3-11,13-14H,2,12H2,1H3. The number of ether oxygens (including phenoxy) is 1. The van der Waals surface area contributed by atoms with Crippen molar-refractivity contribution >= 4 is 29.2 Å². The van der Waals surface area contributed by atoms with Gasteiger partial charge in [0.05, 0.1) is 15.4 Å². The first-order valence-electron chi connectivity index (χ1n) is 9.33. The Balaban J connectivity index is 1.95. The Hall–Kier alpha value is -4.34. The van der Waals surface area contributed by atoms with Crippen molar-refractivity contribution in [2.24, 2.45) is 0 Å². The summed E-state index contributed by atoms with van der Waals surface area (Å²) in [6.45, 7) is 2.72. The van der Waals surface area contributed by atoms with Gasteiger partial charge in [0.15, 0.2) is 0 Å². The third kappa shape index (κ3) is 5.18. The molecule has 2 aromatic carbocycles. The van der Waals surface area contributed by atoms with Crippen molar-refractivity contribution in [1.29, 1.82) is 0 Å². The lowest BCUT2D eigenvalue weighted by atomic mass is 10.1. The van der Waals surface area contributed by atoms with E-state index in [0.717, 1.165) is 6.42 Å². The molecule has 0 aliphatic carbocycles. The summed E-state index contributed by atoms with van der Waals surface area (Å²) in [5, 5.41) is 21.7. The second-order valence-corrected chi connectivity index (χ2v) is 6.48. The first kappa shape index (κ1) is 21.4. The zero-order chi connectivity index (χ0) is 22.4. The van der Waals surface area contributed by atoms with Crippen LogP contribution in [0.5, 0.6) is 0 Å². The fraction of sp³-hybridized carbons (Fsp3) is 0.143. The van der Waals surface area contributed by atoms with Gasteiger partial charge in [-0.2, -0.15) is 0 Å². The maximum Gasteiger partial charge on any atom is 0.343 e. The van der Waals surface area contributed by atoms with Crippen molar-refractivity contribution < 1.29 is 19.4 Å². The van der Waals surface area contributed by atoms with Crippen LogP contribution in [0.3, 0.4) is 0 Å². The zero-order valence-corrected chi connectivity index (χ0v) is 16.5. The molecule has 0 fully saturated rings. The van der Waals surface area contributed by atoms with Crippen LogP contribution in [0.25, 0.3) is 11.8 Å². The van der Waals surface area contributed by atoms with Gasteiger partial charge in [0, 0.05) is 54.8 Å². The van der Waals surface area contributed by atoms with Gasteiger partial charge in [-0.15, -0.1) is 0 Å². The summed E-state index contributed by atoms with van der Waals surface area (Å²) >= 11 is 0. The van der Waals surface area contributed by atoms with E-state index >= 15 is 0 Å². The number of carbonyl (C=O) groups excluding carboxylic acids is 1. The molecular formula is C21H18N4O6. The number of aromatic nitrogens is 2. The van der Waals surface area contributed by atoms with Gasteiger partial charge in [0.1, 0.15) is 11.6 Å². The average molecular weight is 422 g/mol. The van der Waals surface area contributed by atoms with Crippen molar-refractivity contribution in [3.05, 3.63) is 98.1 Å². The topological polar surface area (TPSA) is 130 Å². The molecule has 10 heteroatoms. The highest BCUT2D eigenvalue weighted by molar-refractivity contribution is 5.95. The van der Waals surface area contributed by atoms with E-state index in [1.807, 2.05) is 11.5 Å². The molecule has 0 spiro atoms. The Bertz CT molecular complexity index is 1130. The molecule has 0 amide bonds. The average Bonchev–Trinajstić information content (AvgIpc) is 3.20. The third-order valence-corrected chi connectivity index (χ3v) is 4.35. The van der Waals surface area contributed by atoms with Crippen LogP contribution in [0.4, 0.5) is 11.4 Å². The Morgan fingerprint density at radius 2 is 1.55 bits per heavy atom. The SMILES string of the molecule is CCCn1ccnc1C=C(OC(=O)c1ccc([N+](=O)[O-])cc1)c1ccc([N+](=O)[O-])cc1. The lowest BCUT2D eigenvalue weighted by Gasteiger charge is -2.10. The van der Waals surface area contributed by atoms with Gasteiger partial charge >= 0.3 is 5.97 Å². The van der Waals surface area contributed by atoms with Crippen LogP contribution >= 0.6 is 0 Å². The molecule has 0 radical (unpaired) electrons. The van der Waals surface area contributed by atoms with E-state index in [1.165, 1.54) is 48.5 Å². The van der Waals surface area contributed by atoms with Crippen molar-refractivity contribution in [1.82, 2.24) is 9.55 Å². The molecule has 0 bridgehead atoms. The van der Waals surface area contributed by atoms with Gasteiger partial charge in [0.2, 0.25) is 0 Å². The molecule has 10 nitrogen and oxygen atoms in total. The maximum absolute atomic E-state index is 12.7. The molecule has 0 aliphatic rings. The number of non-ortho nitro benzene ring substituents is 2. The number of benzene rings is 2. The van der Waals surface area contributed by atoms with E-state index in [4.69, 9.17) is 4.74 Å². The fourth-order valence-electron chi connectivity index (χ4n) is 2.81. The van der Waals surface area contributed by atoms with Gasteiger partial charge in [-0.05, 0) is 30.7 Å². The van der Waals surface area contributed by atoms with Crippen LogP contribution in [0.1, 0.15) is 35.1 Å². The summed E-state index contributed by atoms with van der Waals surface area (Å²) in [5.41, 5.74) is 0.309. The van der Waals surface area contributed by atoms with Crippen LogP contribution in [0, 0.1) is 20.2 Å². The second-order valence-electron chi connectivity index (χ2n) is 6.48. The Morgan fingerprint density at radius 1 is 1.00 bits per heavy atom. The molecular weight excluding hydrogens is 404 g/mol. The molecule has 1 heterocycles. The highest BCUT2D eigenvalue weighted by Crippen LogP contribution is 2.24. The van der Waals surface area contributed by atoms with E-state index in [9.17, 15) is 25.0 Å². The van der Waals surface area contributed by atoms with Gasteiger partial charge in [-0.1, -0.05) is 6.92 Å². The largest absolute Gasteiger partial charge is 0.422 e. The molecule has 31 heavy (non-hydrogen) atoms. The molecule has 0 N–H and O–H groups in total. The summed E-state index contributed by atoms with van der Waals surface area (Å²) in [6, 6.07) is 10.6. The zero-order valence-electron chi connectivity index (χ0n) is 16.5. The summed E-state index contributed by atoms with van der Waals surface area (Å²) in [7, 11) is 0. The van der Waals surface area contributed by atoms with Gasteiger partial charge in [-0.25, -0.2) is 9.78 Å². The third-order valence-electron chi connectivity index (χ3n) is 4.35. The molecule has 1 aromatic heterocycles. The van der Waals surface area contributed by atoms with Crippen LogP contribution < -0.4 is 0 Å². The number of carbonyl (C=O) groups is 1. The summed E-state index contributed by atoms with van der Waals surface area (Å²) in [6.07, 6.45) is 5.85. The predicted octanol–water partition coefficient (Wildman–Crippen LogP) is 4.46. The highest BCUT2D eigenvalue weighted by Gasteiger charge is 2.16. The van der Waals surface area contributed by atoms with E-state index in [-0.39, 0.29) is 22.7 Å². The van der Waals surface area contributed by atoms with Crippen LogP contribution in [-0.4, -0.2) is 25.4 Å². The second kappa shape index (κ2) is 9.44.